The molecule has 0 bridgehead atoms. The molecule has 3 nitrogen and oxygen atoms in total. The van der Waals surface area contributed by atoms with Crippen molar-refractivity contribution in [2.24, 2.45) is 5.92 Å². The molecule has 3 heteroatoms. The molecule has 0 atom stereocenters. The Kier molecular flexibility index (Phi) is 6.27. The molecule has 1 fully saturated rings. The van der Waals surface area contributed by atoms with Gasteiger partial charge in [-0.15, -0.1) is 0 Å². The number of benzene rings is 1. The third kappa shape index (κ3) is 5.51. The van der Waals surface area contributed by atoms with E-state index in [0.717, 1.165) is 18.2 Å². The van der Waals surface area contributed by atoms with Crippen LogP contribution in [0, 0.1) is 5.92 Å². The first kappa shape index (κ1) is 16.3. The maximum absolute atomic E-state index is 4.32. The lowest BCUT2D eigenvalue weighted by molar-refractivity contribution is 0.176. The number of H-pyrrole nitrogens is 1. The average molecular weight is 311 g/mol. The van der Waals surface area contributed by atoms with E-state index in [-0.39, 0.29) is 0 Å². The Bertz CT molecular complexity index is 527. The van der Waals surface area contributed by atoms with Gasteiger partial charge in [-0.25, -0.2) is 4.98 Å². The largest absolute Gasteiger partial charge is 0.349 e. The van der Waals surface area contributed by atoms with Crippen LogP contribution in [0.1, 0.15) is 43.5 Å². The van der Waals surface area contributed by atoms with Gasteiger partial charge in [-0.3, -0.25) is 0 Å². The van der Waals surface area contributed by atoms with Crippen LogP contribution in [0.25, 0.3) is 0 Å². The van der Waals surface area contributed by atoms with Crippen molar-refractivity contribution in [1.82, 2.24) is 14.9 Å². The summed E-state index contributed by atoms with van der Waals surface area (Å²) >= 11 is 0. The van der Waals surface area contributed by atoms with Crippen LogP contribution in [0.4, 0.5) is 0 Å². The molecule has 23 heavy (non-hydrogen) atoms. The first-order valence-corrected chi connectivity index (χ1v) is 9.15. The molecule has 1 aromatic heterocycles. The van der Waals surface area contributed by atoms with E-state index in [4.69, 9.17) is 0 Å². The first-order valence-electron chi connectivity index (χ1n) is 9.15. The maximum Gasteiger partial charge on any atom is 0.106 e. The number of nitrogens with zero attached hydrogens (tertiary/aromatic N) is 2. The number of hydrogen-bond donors (Lipinski definition) is 1. The number of piperidine rings is 1. The lowest BCUT2D eigenvalue weighted by Gasteiger charge is -2.31. The van der Waals surface area contributed by atoms with E-state index in [1.165, 1.54) is 63.7 Å². The summed E-state index contributed by atoms with van der Waals surface area (Å²) in [6.45, 7) is 3.85. The molecule has 0 saturated carbocycles. The molecule has 1 aromatic carbocycles. The van der Waals surface area contributed by atoms with E-state index >= 15 is 0 Å². The fourth-order valence-electron chi connectivity index (χ4n) is 3.58. The number of imidazole rings is 1. The van der Waals surface area contributed by atoms with Crippen LogP contribution in [-0.4, -0.2) is 34.5 Å². The van der Waals surface area contributed by atoms with Crippen LogP contribution in [-0.2, 0) is 12.8 Å². The van der Waals surface area contributed by atoms with E-state index in [2.05, 4.69) is 45.2 Å². The summed E-state index contributed by atoms with van der Waals surface area (Å²) in [7, 11) is 0. The van der Waals surface area contributed by atoms with Crippen molar-refractivity contribution < 1.29 is 0 Å². The second kappa shape index (κ2) is 8.88. The summed E-state index contributed by atoms with van der Waals surface area (Å²) in [6.07, 6.45) is 12.7. The maximum atomic E-state index is 4.32. The summed E-state index contributed by atoms with van der Waals surface area (Å²) in [5.41, 5.74) is 1.48. The molecule has 0 amide bonds. The molecule has 2 aromatic rings. The predicted molar refractivity (Wildman–Crippen MR) is 95.5 cm³/mol. The highest BCUT2D eigenvalue weighted by Gasteiger charge is 2.18. The van der Waals surface area contributed by atoms with E-state index < -0.39 is 0 Å². The number of aromatic nitrogens is 2. The number of unbranched alkanes of at least 4 members (excludes halogenated alkanes) is 1. The summed E-state index contributed by atoms with van der Waals surface area (Å²) in [4.78, 5) is 10.2. The van der Waals surface area contributed by atoms with Crippen molar-refractivity contribution in [2.75, 3.05) is 19.6 Å². The number of rotatable bonds is 8. The highest BCUT2D eigenvalue weighted by molar-refractivity contribution is 5.14. The van der Waals surface area contributed by atoms with Crippen molar-refractivity contribution >= 4 is 0 Å². The van der Waals surface area contributed by atoms with E-state index in [0.29, 0.717) is 0 Å². The molecular formula is C20H29N3. The molecule has 0 radical (unpaired) electrons. The third-order valence-electron chi connectivity index (χ3n) is 5.08. The van der Waals surface area contributed by atoms with E-state index in [1.807, 2.05) is 12.4 Å². The molecule has 1 saturated heterocycles. The molecule has 0 unspecified atom stereocenters. The Morgan fingerprint density at radius 2 is 1.87 bits per heavy atom. The Labute approximate surface area is 140 Å². The van der Waals surface area contributed by atoms with Crippen molar-refractivity contribution in [3.05, 3.63) is 54.1 Å². The second-order valence-electron chi connectivity index (χ2n) is 6.80. The monoisotopic (exact) mass is 311 g/mol. The highest BCUT2D eigenvalue weighted by atomic mass is 15.1. The highest BCUT2D eigenvalue weighted by Crippen LogP contribution is 2.22. The van der Waals surface area contributed by atoms with Gasteiger partial charge >= 0.3 is 0 Å². The summed E-state index contributed by atoms with van der Waals surface area (Å²) in [5, 5.41) is 0. The first-order chi connectivity index (χ1) is 11.4. The number of hydrogen-bond acceptors (Lipinski definition) is 2. The zero-order valence-corrected chi connectivity index (χ0v) is 14.1. The SMILES string of the molecule is c1ccc(CCCCN2CCC(CCc3ncc[nH]3)CC2)cc1. The molecule has 124 valence electrons. The van der Waals surface area contributed by atoms with Crippen LogP contribution in [0.15, 0.2) is 42.7 Å². The zero-order chi connectivity index (χ0) is 15.7. The molecule has 3 rings (SSSR count). The molecule has 0 aliphatic carbocycles. The van der Waals surface area contributed by atoms with Crippen molar-refractivity contribution in [2.45, 2.75) is 44.9 Å². The van der Waals surface area contributed by atoms with Crippen LogP contribution >= 0.6 is 0 Å². The predicted octanol–water partition coefficient (Wildman–Crippen LogP) is 4.08. The lowest BCUT2D eigenvalue weighted by atomic mass is 9.92. The van der Waals surface area contributed by atoms with E-state index in [1.54, 1.807) is 0 Å². The minimum Gasteiger partial charge on any atom is -0.349 e. The van der Waals surface area contributed by atoms with E-state index in [9.17, 15) is 0 Å². The van der Waals surface area contributed by atoms with Gasteiger partial charge in [-0.05, 0) is 69.6 Å². The van der Waals surface area contributed by atoms with Gasteiger partial charge in [-0.1, -0.05) is 30.3 Å². The summed E-state index contributed by atoms with van der Waals surface area (Å²) < 4.78 is 0. The molecule has 2 heterocycles. The minimum absolute atomic E-state index is 0.890. The Balaban J connectivity index is 1.26. The zero-order valence-electron chi connectivity index (χ0n) is 14.1. The summed E-state index contributed by atoms with van der Waals surface area (Å²) in [6, 6.07) is 10.9. The van der Waals surface area contributed by atoms with Gasteiger partial charge in [0.15, 0.2) is 0 Å². The Morgan fingerprint density at radius 1 is 1.04 bits per heavy atom. The molecule has 0 spiro atoms. The van der Waals surface area contributed by atoms with Gasteiger partial charge < -0.3 is 9.88 Å². The van der Waals surface area contributed by atoms with Gasteiger partial charge in [-0.2, -0.15) is 0 Å². The molecular weight excluding hydrogens is 282 g/mol. The van der Waals surface area contributed by atoms with Crippen molar-refractivity contribution in [3.8, 4) is 0 Å². The molecule has 1 aliphatic heterocycles. The quantitative estimate of drug-likeness (QED) is 0.745. The van der Waals surface area contributed by atoms with Gasteiger partial charge in [0.1, 0.15) is 5.82 Å². The van der Waals surface area contributed by atoms with Gasteiger partial charge in [0.2, 0.25) is 0 Å². The van der Waals surface area contributed by atoms with Crippen molar-refractivity contribution in [1.29, 1.82) is 0 Å². The Morgan fingerprint density at radius 3 is 2.61 bits per heavy atom. The number of aromatic amines is 1. The number of likely N-dealkylation sites (tertiary alicyclic amines) is 1. The normalized spacial score (nSPS) is 16.7. The number of aryl methyl sites for hydroxylation is 2. The fourth-order valence-corrected chi connectivity index (χ4v) is 3.58. The second-order valence-corrected chi connectivity index (χ2v) is 6.80. The van der Waals surface area contributed by atoms with Crippen LogP contribution in [0.5, 0.6) is 0 Å². The van der Waals surface area contributed by atoms with Crippen LogP contribution in [0.2, 0.25) is 0 Å². The topological polar surface area (TPSA) is 31.9 Å². The van der Waals surface area contributed by atoms with Gasteiger partial charge in [0, 0.05) is 18.8 Å². The minimum atomic E-state index is 0.890. The standard InChI is InChI=1S/C20H29N3/c1-2-6-18(7-3-1)8-4-5-15-23-16-11-19(12-17-23)9-10-20-21-13-14-22-20/h1-3,6-7,13-14,19H,4-5,8-12,15-17H2,(H,21,22). The third-order valence-corrected chi connectivity index (χ3v) is 5.08. The fraction of sp³-hybridized carbons (Fsp3) is 0.550. The van der Waals surface area contributed by atoms with Gasteiger partial charge in [0.05, 0.1) is 0 Å². The van der Waals surface area contributed by atoms with Crippen molar-refractivity contribution in [3.63, 3.8) is 0 Å². The lowest BCUT2D eigenvalue weighted by Crippen LogP contribution is -2.34. The summed E-state index contributed by atoms with van der Waals surface area (Å²) in [5.74, 6) is 2.04. The van der Waals surface area contributed by atoms with Crippen LogP contribution in [0.3, 0.4) is 0 Å². The Hall–Kier alpha value is -1.61. The van der Waals surface area contributed by atoms with Gasteiger partial charge in [0.25, 0.3) is 0 Å². The number of nitrogens with one attached hydrogen (secondary N) is 1. The molecule has 1 N–H and O–H groups in total. The van der Waals surface area contributed by atoms with Crippen LogP contribution < -0.4 is 0 Å². The average Bonchev–Trinajstić information content (AvgIpc) is 3.12. The molecule has 1 aliphatic rings. The smallest absolute Gasteiger partial charge is 0.106 e.